The Morgan fingerprint density at radius 2 is 1.69 bits per heavy atom. The summed E-state index contributed by atoms with van der Waals surface area (Å²) in [7, 11) is 0. The summed E-state index contributed by atoms with van der Waals surface area (Å²) >= 11 is 0. The number of unbranched alkanes of at least 4 members (excludes halogenated alkanes) is 2. The zero-order chi connectivity index (χ0) is 22.3. The monoisotopic (exact) mass is 430 g/mol. The lowest BCUT2D eigenvalue weighted by atomic mass is 10.1. The van der Waals surface area contributed by atoms with Gasteiger partial charge in [0.25, 0.3) is 5.91 Å². The number of fused-ring (bicyclic) bond motifs is 1. The molecular formula is C26H27FN4O. The number of nitrogens with zero attached hydrogens (tertiary/aromatic N) is 2. The fourth-order valence-corrected chi connectivity index (χ4v) is 3.77. The van der Waals surface area contributed by atoms with Crippen molar-refractivity contribution >= 4 is 16.9 Å². The molecule has 0 spiro atoms. The molecule has 5 nitrogen and oxygen atoms in total. The van der Waals surface area contributed by atoms with Gasteiger partial charge in [-0.1, -0.05) is 55.0 Å². The highest BCUT2D eigenvalue weighted by Crippen LogP contribution is 2.26. The fourth-order valence-electron chi connectivity index (χ4n) is 3.77. The molecule has 4 rings (SSSR count). The van der Waals surface area contributed by atoms with Gasteiger partial charge in [0, 0.05) is 13.1 Å². The lowest BCUT2D eigenvalue weighted by Gasteiger charge is -2.11. The maximum Gasteiger partial charge on any atom is 0.287 e. The third kappa shape index (κ3) is 5.03. The standard InChI is InChI=1S/C26H27FN4O/c27-22-12-9-20(10-13-22)21-11-14-23-24(17-21)31(18-19-7-3-1-4-8-19)25(30-23)26(32)29-16-6-2-5-15-28/h1,3-4,7-14,17H,2,5-6,15-16,18,28H2,(H,29,32). The van der Waals surface area contributed by atoms with Crippen molar-refractivity contribution in [2.24, 2.45) is 5.73 Å². The average Bonchev–Trinajstić information content (AvgIpc) is 3.17. The minimum atomic E-state index is -0.269. The predicted molar refractivity (Wildman–Crippen MR) is 126 cm³/mol. The van der Waals surface area contributed by atoms with Crippen LogP contribution in [0.5, 0.6) is 0 Å². The first kappa shape index (κ1) is 21.7. The summed E-state index contributed by atoms with van der Waals surface area (Å²) in [5, 5.41) is 2.99. The first-order valence-corrected chi connectivity index (χ1v) is 10.9. The molecule has 1 aromatic heterocycles. The van der Waals surface area contributed by atoms with Crippen LogP contribution in [0.3, 0.4) is 0 Å². The quantitative estimate of drug-likeness (QED) is 0.377. The van der Waals surface area contributed by atoms with Crippen LogP contribution < -0.4 is 11.1 Å². The molecule has 4 aromatic rings. The largest absolute Gasteiger partial charge is 0.349 e. The Hall–Kier alpha value is -3.51. The number of benzene rings is 3. The molecule has 32 heavy (non-hydrogen) atoms. The van der Waals surface area contributed by atoms with E-state index in [4.69, 9.17) is 5.73 Å². The Morgan fingerprint density at radius 3 is 2.44 bits per heavy atom. The Morgan fingerprint density at radius 1 is 0.938 bits per heavy atom. The molecule has 0 bridgehead atoms. The number of rotatable bonds is 9. The zero-order valence-corrected chi connectivity index (χ0v) is 17.9. The number of hydrogen-bond donors (Lipinski definition) is 2. The molecule has 6 heteroatoms. The SMILES string of the molecule is NCCCCCNC(=O)c1nc2ccc(-c3ccc(F)cc3)cc2n1Cc1ccccc1. The van der Waals surface area contributed by atoms with Crippen molar-refractivity contribution in [3.63, 3.8) is 0 Å². The maximum absolute atomic E-state index is 13.4. The van der Waals surface area contributed by atoms with Crippen LogP contribution >= 0.6 is 0 Å². The van der Waals surface area contributed by atoms with Gasteiger partial charge in [0.1, 0.15) is 5.82 Å². The van der Waals surface area contributed by atoms with E-state index in [1.54, 1.807) is 12.1 Å². The highest BCUT2D eigenvalue weighted by molar-refractivity contribution is 5.95. The van der Waals surface area contributed by atoms with Gasteiger partial charge >= 0.3 is 0 Å². The van der Waals surface area contributed by atoms with E-state index >= 15 is 0 Å². The van der Waals surface area contributed by atoms with Gasteiger partial charge in [-0.25, -0.2) is 9.37 Å². The highest BCUT2D eigenvalue weighted by Gasteiger charge is 2.18. The molecule has 0 atom stereocenters. The third-order valence-electron chi connectivity index (χ3n) is 5.48. The van der Waals surface area contributed by atoms with Crippen molar-refractivity contribution in [1.29, 1.82) is 0 Å². The Kier molecular flexibility index (Phi) is 6.92. The molecule has 0 radical (unpaired) electrons. The van der Waals surface area contributed by atoms with E-state index in [0.717, 1.165) is 47.0 Å². The number of carbonyl (C=O) groups excluding carboxylic acids is 1. The summed E-state index contributed by atoms with van der Waals surface area (Å²) in [6.07, 6.45) is 2.82. The van der Waals surface area contributed by atoms with E-state index in [1.165, 1.54) is 12.1 Å². The molecule has 0 saturated heterocycles. The molecule has 0 aliphatic carbocycles. The van der Waals surface area contributed by atoms with Crippen molar-refractivity contribution in [2.75, 3.05) is 13.1 Å². The number of imidazole rings is 1. The summed E-state index contributed by atoms with van der Waals surface area (Å²) in [5.41, 5.74) is 10.1. The van der Waals surface area contributed by atoms with Gasteiger partial charge in [-0.3, -0.25) is 4.79 Å². The highest BCUT2D eigenvalue weighted by atomic mass is 19.1. The van der Waals surface area contributed by atoms with Crippen LogP contribution in [0.4, 0.5) is 4.39 Å². The number of nitrogens with one attached hydrogen (secondary N) is 1. The van der Waals surface area contributed by atoms with Crippen LogP contribution in [-0.2, 0) is 6.54 Å². The Bertz CT molecular complexity index is 1190. The number of amides is 1. The summed E-state index contributed by atoms with van der Waals surface area (Å²) < 4.78 is 15.3. The van der Waals surface area contributed by atoms with E-state index < -0.39 is 0 Å². The van der Waals surface area contributed by atoms with E-state index in [1.807, 2.05) is 53.1 Å². The predicted octanol–water partition coefficient (Wildman–Crippen LogP) is 4.75. The molecule has 3 aromatic carbocycles. The normalized spacial score (nSPS) is 11.1. The van der Waals surface area contributed by atoms with Gasteiger partial charge in [-0.15, -0.1) is 0 Å². The summed E-state index contributed by atoms with van der Waals surface area (Å²) in [6, 6.07) is 22.3. The van der Waals surface area contributed by atoms with Crippen LogP contribution in [0.1, 0.15) is 35.4 Å². The minimum absolute atomic E-state index is 0.187. The van der Waals surface area contributed by atoms with Crippen LogP contribution in [0.15, 0.2) is 72.8 Å². The zero-order valence-electron chi connectivity index (χ0n) is 17.9. The molecule has 1 heterocycles. The van der Waals surface area contributed by atoms with Crippen molar-refractivity contribution in [1.82, 2.24) is 14.9 Å². The lowest BCUT2D eigenvalue weighted by Crippen LogP contribution is -2.28. The van der Waals surface area contributed by atoms with Gasteiger partial charge in [-0.05, 0) is 60.3 Å². The molecule has 164 valence electrons. The van der Waals surface area contributed by atoms with Crippen molar-refractivity contribution in [2.45, 2.75) is 25.8 Å². The number of hydrogen-bond acceptors (Lipinski definition) is 3. The summed E-state index contributed by atoms with van der Waals surface area (Å²) in [5.74, 6) is -0.0680. The molecule has 0 fully saturated rings. The van der Waals surface area contributed by atoms with E-state index in [0.29, 0.717) is 25.5 Å². The topological polar surface area (TPSA) is 72.9 Å². The third-order valence-corrected chi connectivity index (χ3v) is 5.48. The first-order chi connectivity index (χ1) is 15.7. The van der Waals surface area contributed by atoms with Crippen molar-refractivity contribution in [3.8, 4) is 11.1 Å². The number of carbonyl (C=O) groups is 1. The van der Waals surface area contributed by atoms with Crippen LogP contribution in [-0.4, -0.2) is 28.5 Å². The molecule has 0 aliphatic heterocycles. The molecule has 0 saturated carbocycles. The molecular weight excluding hydrogens is 403 g/mol. The van der Waals surface area contributed by atoms with Crippen LogP contribution in [0.2, 0.25) is 0 Å². The Labute approximate surface area is 187 Å². The molecule has 0 unspecified atom stereocenters. The first-order valence-electron chi connectivity index (χ1n) is 10.9. The second kappa shape index (κ2) is 10.2. The van der Waals surface area contributed by atoms with Gasteiger partial charge < -0.3 is 15.6 Å². The fraction of sp³-hybridized carbons (Fsp3) is 0.231. The van der Waals surface area contributed by atoms with E-state index in [9.17, 15) is 9.18 Å². The summed E-state index contributed by atoms with van der Waals surface area (Å²) in [6.45, 7) is 1.78. The van der Waals surface area contributed by atoms with Crippen molar-refractivity contribution < 1.29 is 9.18 Å². The number of nitrogens with two attached hydrogens (primary N) is 1. The lowest BCUT2D eigenvalue weighted by molar-refractivity contribution is 0.0939. The summed E-state index contributed by atoms with van der Waals surface area (Å²) in [4.78, 5) is 17.6. The molecule has 0 aliphatic rings. The van der Waals surface area contributed by atoms with Crippen LogP contribution in [0, 0.1) is 5.82 Å². The van der Waals surface area contributed by atoms with Crippen LogP contribution in [0.25, 0.3) is 22.2 Å². The van der Waals surface area contributed by atoms with Gasteiger partial charge in [0.05, 0.1) is 11.0 Å². The average molecular weight is 431 g/mol. The Balaban J connectivity index is 1.69. The van der Waals surface area contributed by atoms with Gasteiger partial charge in [0.15, 0.2) is 5.82 Å². The van der Waals surface area contributed by atoms with Gasteiger partial charge in [-0.2, -0.15) is 0 Å². The smallest absolute Gasteiger partial charge is 0.287 e. The second-order valence-corrected chi connectivity index (χ2v) is 7.82. The van der Waals surface area contributed by atoms with Crippen molar-refractivity contribution in [3.05, 3.63) is 90.0 Å². The van der Waals surface area contributed by atoms with Gasteiger partial charge in [0.2, 0.25) is 0 Å². The molecule has 3 N–H and O–H groups in total. The second-order valence-electron chi connectivity index (χ2n) is 7.82. The minimum Gasteiger partial charge on any atom is -0.349 e. The molecule has 1 amide bonds. The van der Waals surface area contributed by atoms with E-state index in [-0.39, 0.29) is 11.7 Å². The number of halogens is 1. The van der Waals surface area contributed by atoms with E-state index in [2.05, 4.69) is 10.3 Å². The number of aromatic nitrogens is 2. The maximum atomic E-state index is 13.4.